The number of aliphatic hydroxyl groups is 1. The first kappa shape index (κ1) is 16.9. The largest absolute Gasteiger partial charge is 0.396 e. The van der Waals surface area contributed by atoms with E-state index in [0.29, 0.717) is 12.3 Å². The van der Waals surface area contributed by atoms with Gasteiger partial charge in [-0.1, -0.05) is 6.07 Å². The van der Waals surface area contributed by atoms with Crippen LogP contribution in [-0.4, -0.2) is 35.7 Å². The van der Waals surface area contributed by atoms with E-state index in [-0.39, 0.29) is 12.2 Å². The van der Waals surface area contributed by atoms with Crippen molar-refractivity contribution in [2.75, 3.05) is 24.7 Å². The number of nitrogens with one attached hydrogen (secondary N) is 1. The number of carbonyl (C=O) groups excluding carboxylic acids is 1. The molecule has 1 unspecified atom stereocenters. The van der Waals surface area contributed by atoms with Gasteiger partial charge in [0.25, 0.3) is 0 Å². The van der Waals surface area contributed by atoms with Gasteiger partial charge < -0.3 is 10.4 Å². The summed E-state index contributed by atoms with van der Waals surface area (Å²) >= 11 is 1.61. The van der Waals surface area contributed by atoms with E-state index >= 15 is 0 Å². The van der Waals surface area contributed by atoms with E-state index in [0.717, 1.165) is 24.3 Å². The molecule has 3 nitrogen and oxygen atoms in total. The van der Waals surface area contributed by atoms with E-state index in [4.69, 9.17) is 5.11 Å². The summed E-state index contributed by atoms with van der Waals surface area (Å²) in [6.45, 7) is 2.08. The maximum atomic E-state index is 13.5. The van der Waals surface area contributed by atoms with Crippen molar-refractivity contribution in [2.24, 2.45) is 0 Å². The summed E-state index contributed by atoms with van der Waals surface area (Å²) in [5.74, 6) is -1.13. The van der Waals surface area contributed by atoms with Gasteiger partial charge in [0.1, 0.15) is 11.6 Å². The Labute approximate surface area is 121 Å². The molecule has 0 fully saturated rings. The minimum absolute atomic E-state index is 0.156. The van der Waals surface area contributed by atoms with Crippen LogP contribution in [0.2, 0.25) is 0 Å². The maximum Gasteiger partial charge on any atom is 0.227 e. The first-order valence-corrected chi connectivity index (χ1v) is 7.63. The molecule has 0 saturated carbocycles. The number of hydrogen-bond donors (Lipinski definition) is 2. The summed E-state index contributed by atoms with van der Waals surface area (Å²) < 4.78 is 27.1. The van der Waals surface area contributed by atoms with Gasteiger partial charge in [0.05, 0.1) is 5.92 Å². The van der Waals surface area contributed by atoms with E-state index in [1.807, 2.05) is 0 Å². The SMILES string of the molecule is CC(C(=O)NCCSCCCO)c1c(F)cccc1F. The van der Waals surface area contributed by atoms with Gasteiger partial charge in [-0.25, -0.2) is 8.78 Å². The summed E-state index contributed by atoms with van der Waals surface area (Å²) in [5, 5.41) is 11.3. The van der Waals surface area contributed by atoms with Crippen molar-refractivity contribution < 1.29 is 18.7 Å². The molecule has 1 aromatic rings. The highest BCUT2D eigenvalue weighted by molar-refractivity contribution is 7.99. The molecule has 1 rings (SSSR count). The number of benzene rings is 1. The van der Waals surface area contributed by atoms with Gasteiger partial charge >= 0.3 is 0 Å². The highest BCUT2D eigenvalue weighted by atomic mass is 32.2. The lowest BCUT2D eigenvalue weighted by Crippen LogP contribution is -2.30. The normalized spacial score (nSPS) is 12.2. The average Bonchev–Trinajstić information content (AvgIpc) is 2.42. The molecule has 6 heteroatoms. The first-order chi connectivity index (χ1) is 9.57. The van der Waals surface area contributed by atoms with Crippen LogP contribution < -0.4 is 5.32 Å². The highest BCUT2D eigenvalue weighted by Gasteiger charge is 2.21. The van der Waals surface area contributed by atoms with Gasteiger partial charge in [0.15, 0.2) is 0 Å². The standard InChI is InChI=1S/C14H19F2NO2S/c1-10(13-11(15)4-2-5-12(13)16)14(19)17-6-9-20-8-3-7-18/h2,4-5,10,18H,3,6-9H2,1H3,(H,17,19). The Kier molecular flexibility index (Phi) is 7.54. The second-order valence-corrected chi connectivity index (χ2v) is 5.56. The molecule has 0 aliphatic rings. The smallest absolute Gasteiger partial charge is 0.227 e. The van der Waals surface area contributed by atoms with Gasteiger partial charge in [-0.2, -0.15) is 11.8 Å². The van der Waals surface area contributed by atoms with Crippen molar-refractivity contribution in [3.63, 3.8) is 0 Å². The van der Waals surface area contributed by atoms with Gasteiger partial charge in [-0.3, -0.25) is 4.79 Å². The van der Waals surface area contributed by atoms with Crippen LogP contribution in [-0.2, 0) is 4.79 Å². The minimum Gasteiger partial charge on any atom is -0.396 e. The zero-order chi connectivity index (χ0) is 15.0. The third-order valence-electron chi connectivity index (χ3n) is 2.82. The number of carbonyl (C=O) groups is 1. The van der Waals surface area contributed by atoms with Crippen LogP contribution in [0.1, 0.15) is 24.8 Å². The number of hydrogen-bond acceptors (Lipinski definition) is 3. The van der Waals surface area contributed by atoms with Crippen LogP contribution in [0.25, 0.3) is 0 Å². The number of aliphatic hydroxyl groups excluding tert-OH is 1. The van der Waals surface area contributed by atoms with Crippen LogP contribution in [0, 0.1) is 11.6 Å². The van der Waals surface area contributed by atoms with Gasteiger partial charge in [-0.15, -0.1) is 0 Å². The number of rotatable bonds is 8. The maximum absolute atomic E-state index is 13.5. The van der Waals surface area contributed by atoms with E-state index < -0.39 is 23.5 Å². The van der Waals surface area contributed by atoms with E-state index in [1.54, 1.807) is 11.8 Å². The first-order valence-electron chi connectivity index (χ1n) is 6.48. The Hall–Kier alpha value is -1.14. The van der Waals surface area contributed by atoms with Crippen LogP contribution in [0.5, 0.6) is 0 Å². The zero-order valence-corrected chi connectivity index (χ0v) is 12.2. The topological polar surface area (TPSA) is 49.3 Å². The van der Waals surface area contributed by atoms with E-state index in [2.05, 4.69) is 5.32 Å². The molecule has 0 saturated heterocycles. The zero-order valence-electron chi connectivity index (χ0n) is 11.4. The molecule has 0 spiro atoms. The molecular formula is C14H19F2NO2S. The molecule has 0 aliphatic carbocycles. The number of thioether (sulfide) groups is 1. The van der Waals surface area contributed by atoms with Crippen molar-refractivity contribution in [3.8, 4) is 0 Å². The Morgan fingerprint density at radius 3 is 2.60 bits per heavy atom. The van der Waals surface area contributed by atoms with Crippen molar-refractivity contribution in [2.45, 2.75) is 19.3 Å². The fourth-order valence-corrected chi connectivity index (χ4v) is 2.51. The van der Waals surface area contributed by atoms with Crippen LogP contribution in [0.4, 0.5) is 8.78 Å². The van der Waals surface area contributed by atoms with Gasteiger partial charge in [-0.05, 0) is 31.2 Å². The summed E-state index contributed by atoms with van der Waals surface area (Å²) in [4.78, 5) is 11.8. The molecule has 2 N–H and O–H groups in total. The summed E-state index contributed by atoms with van der Waals surface area (Å²) in [7, 11) is 0. The molecule has 0 aliphatic heterocycles. The monoisotopic (exact) mass is 303 g/mol. The Bertz CT molecular complexity index is 423. The Balaban J connectivity index is 2.43. The minimum atomic E-state index is -0.862. The molecule has 0 radical (unpaired) electrons. The Morgan fingerprint density at radius 2 is 2.00 bits per heavy atom. The van der Waals surface area contributed by atoms with Crippen molar-refractivity contribution >= 4 is 17.7 Å². The third kappa shape index (κ3) is 5.09. The predicted molar refractivity (Wildman–Crippen MR) is 76.8 cm³/mol. The lowest BCUT2D eigenvalue weighted by Gasteiger charge is -2.14. The summed E-state index contributed by atoms with van der Waals surface area (Å²) in [5.41, 5.74) is -0.196. The predicted octanol–water partition coefficient (Wildman–Crippen LogP) is 2.30. The molecule has 1 aromatic carbocycles. The molecule has 0 heterocycles. The second kappa shape index (κ2) is 8.92. The highest BCUT2D eigenvalue weighted by Crippen LogP contribution is 2.22. The van der Waals surface area contributed by atoms with E-state index in [1.165, 1.54) is 13.0 Å². The third-order valence-corrected chi connectivity index (χ3v) is 3.89. The Morgan fingerprint density at radius 1 is 1.35 bits per heavy atom. The lowest BCUT2D eigenvalue weighted by atomic mass is 9.99. The molecule has 0 aromatic heterocycles. The van der Waals surface area contributed by atoms with Crippen molar-refractivity contribution in [3.05, 3.63) is 35.4 Å². The lowest BCUT2D eigenvalue weighted by molar-refractivity contribution is -0.122. The molecule has 20 heavy (non-hydrogen) atoms. The summed E-state index contributed by atoms with van der Waals surface area (Å²) in [6, 6.07) is 3.57. The molecular weight excluding hydrogens is 284 g/mol. The van der Waals surface area contributed by atoms with E-state index in [9.17, 15) is 13.6 Å². The van der Waals surface area contributed by atoms with Crippen LogP contribution in [0.15, 0.2) is 18.2 Å². The summed E-state index contributed by atoms with van der Waals surface area (Å²) in [6.07, 6.45) is 0.718. The van der Waals surface area contributed by atoms with Gasteiger partial charge in [0, 0.05) is 24.5 Å². The van der Waals surface area contributed by atoms with Crippen molar-refractivity contribution in [1.29, 1.82) is 0 Å². The van der Waals surface area contributed by atoms with Crippen molar-refractivity contribution in [1.82, 2.24) is 5.32 Å². The molecule has 1 amide bonds. The fraction of sp³-hybridized carbons (Fsp3) is 0.500. The number of halogens is 2. The van der Waals surface area contributed by atoms with Crippen LogP contribution >= 0.6 is 11.8 Å². The second-order valence-electron chi connectivity index (χ2n) is 4.34. The fourth-order valence-electron chi connectivity index (χ4n) is 1.72. The number of amides is 1. The van der Waals surface area contributed by atoms with Gasteiger partial charge in [0.2, 0.25) is 5.91 Å². The quantitative estimate of drug-likeness (QED) is 0.725. The molecule has 1 atom stereocenters. The molecule has 112 valence electrons. The molecule has 0 bridgehead atoms. The van der Waals surface area contributed by atoms with Crippen LogP contribution in [0.3, 0.4) is 0 Å². The average molecular weight is 303 g/mol.